The number of aliphatic hydroxyl groups excluding tert-OH is 2. The molecular formula is C18H20O6. The molecule has 0 unspecified atom stereocenters. The van der Waals surface area contributed by atoms with Gasteiger partial charge in [-0.05, 0) is 26.0 Å². The molecule has 0 atom stereocenters. The Morgan fingerprint density at radius 2 is 0.958 bits per heavy atom. The SMILES string of the molecule is Cc1c(O)ccc(C2C(O)C(c3ccc(O)c(C)c3O)C2O)c1O. The third-order valence-electron chi connectivity index (χ3n) is 5.06. The number of hydrogen-bond acceptors (Lipinski definition) is 6. The fourth-order valence-corrected chi connectivity index (χ4v) is 3.40. The first-order chi connectivity index (χ1) is 11.3. The summed E-state index contributed by atoms with van der Waals surface area (Å²) in [5, 5.41) is 60.6. The smallest absolute Gasteiger partial charge is 0.125 e. The largest absolute Gasteiger partial charge is 0.508 e. The Morgan fingerprint density at radius 1 is 0.625 bits per heavy atom. The van der Waals surface area contributed by atoms with E-state index < -0.39 is 24.0 Å². The van der Waals surface area contributed by atoms with E-state index in [1.54, 1.807) is 0 Å². The number of aromatic hydroxyl groups is 4. The van der Waals surface area contributed by atoms with E-state index in [1.807, 2.05) is 0 Å². The zero-order valence-electron chi connectivity index (χ0n) is 13.3. The van der Waals surface area contributed by atoms with Crippen molar-refractivity contribution >= 4 is 0 Å². The van der Waals surface area contributed by atoms with Crippen LogP contribution in [0.4, 0.5) is 0 Å². The van der Waals surface area contributed by atoms with Gasteiger partial charge in [-0.1, -0.05) is 12.1 Å². The van der Waals surface area contributed by atoms with Crippen LogP contribution in [-0.2, 0) is 0 Å². The molecular weight excluding hydrogens is 312 g/mol. The standard InChI is InChI=1S/C18H20O6/c1-7-11(19)5-3-9(15(7)21)13-17(23)14(18(13)24)10-4-6-12(20)8(2)16(10)22/h3-6,13-14,17-24H,1-2H3. The van der Waals surface area contributed by atoms with Gasteiger partial charge < -0.3 is 30.6 Å². The molecule has 0 bridgehead atoms. The molecule has 2 aromatic carbocycles. The maximum atomic E-state index is 10.5. The lowest BCUT2D eigenvalue weighted by Crippen LogP contribution is -2.51. The molecule has 0 heterocycles. The molecule has 0 spiro atoms. The molecule has 128 valence electrons. The fraction of sp³-hybridized carbons (Fsp3) is 0.333. The van der Waals surface area contributed by atoms with E-state index >= 15 is 0 Å². The highest BCUT2D eigenvalue weighted by molar-refractivity contribution is 5.54. The summed E-state index contributed by atoms with van der Waals surface area (Å²) >= 11 is 0. The molecule has 1 saturated carbocycles. The normalized spacial score (nSPS) is 26.2. The molecule has 0 saturated heterocycles. The van der Waals surface area contributed by atoms with Gasteiger partial charge in [-0.3, -0.25) is 0 Å². The maximum Gasteiger partial charge on any atom is 0.125 e. The summed E-state index contributed by atoms with van der Waals surface area (Å²) in [6.45, 7) is 3.08. The van der Waals surface area contributed by atoms with Crippen LogP contribution in [0.5, 0.6) is 23.0 Å². The first-order valence-corrected chi connectivity index (χ1v) is 7.64. The molecule has 1 aliphatic carbocycles. The van der Waals surface area contributed by atoms with Crippen LogP contribution >= 0.6 is 0 Å². The number of phenolic OH excluding ortho intramolecular Hbond substituents is 4. The highest BCUT2D eigenvalue weighted by atomic mass is 16.3. The van der Waals surface area contributed by atoms with Gasteiger partial charge in [-0.25, -0.2) is 0 Å². The summed E-state index contributed by atoms with van der Waals surface area (Å²) in [6, 6.07) is 5.73. The van der Waals surface area contributed by atoms with Gasteiger partial charge >= 0.3 is 0 Å². The lowest BCUT2D eigenvalue weighted by atomic mass is 9.62. The van der Waals surface area contributed by atoms with Crippen LogP contribution in [0.15, 0.2) is 24.3 Å². The van der Waals surface area contributed by atoms with Gasteiger partial charge in [0.05, 0.1) is 12.2 Å². The summed E-state index contributed by atoms with van der Waals surface area (Å²) < 4.78 is 0. The molecule has 2 aromatic rings. The number of hydrogen-bond donors (Lipinski definition) is 6. The Hall–Kier alpha value is -2.44. The van der Waals surface area contributed by atoms with E-state index in [4.69, 9.17) is 0 Å². The average Bonchev–Trinajstić information content (AvgIpc) is 2.56. The van der Waals surface area contributed by atoms with Gasteiger partial charge in [-0.15, -0.1) is 0 Å². The summed E-state index contributed by atoms with van der Waals surface area (Å²) in [4.78, 5) is 0. The van der Waals surface area contributed by atoms with E-state index in [9.17, 15) is 30.6 Å². The molecule has 0 aromatic heterocycles. The van der Waals surface area contributed by atoms with Gasteiger partial charge in [-0.2, -0.15) is 0 Å². The predicted molar refractivity (Wildman–Crippen MR) is 86.5 cm³/mol. The second-order valence-electron chi connectivity index (χ2n) is 6.33. The van der Waals surface area contributed by atoms with Crippen LogP contribution in [0.25, 0.3) is 0 Å². The maximum absolute atomic E-state index is 10.5. The third kappa shape index (κ3) is 2.18. The van der Waals surface area contributed by atoms with Crippen LogP contribution < -0.4 is 0 Å². The second kappa shape index (κ2) is 5.58. The van der Waals surface area contributed by atoms with Gasteiger partial charge in [0.2, 0.25) is 0 Å². The number of benzene rings is 2. The third-order valence-corrected chi connectivity index (χ3v) is 5.06. The van der Waals surface area contributed by atoms with Crippen molar-refractivity contribution in [1.29, 1.82) is 0 Å². The second-order valence-corrected chi connectivity index (χ2v) is 6.33. The van der Waals surface area contributed by atoms with Crippen molar-refractivity contribution in [2.24, 2.45) is 0 Å². The van der Waals surface area contributed by atoms with Crippen molar-refractivity contribution in [3.63, 3.8) is 0 Å². The van der Waals surface area contributed by atoms with E-state index in [2.05, 4.69) is 0 Å². The molecule has 24 heavy (non-hydrogen) atoms. The monoisotopic (exact) mass is 332 g/mol. The molecule has 0 radical (unpaired) electrons. The summed E-state index contributed by atoms with van der Waals surface area (Å²) in [5.74, 6) is -1.93. The number of aliphatic hydroxyl groups is 2. The molecule has 0 aliphatic heterocycles. The molecule has 0 amide bonds. The Labute approximate surface area is 138 Å². The van der Waals surface area contributed by atoms with E-state index in [0.29, 0.717) is 11.1 Å². The lowest BCUT2D eigenvalue weighted by Gasteiger charge is -2.47. The average molecular weight is 332 g/mol. The zero-order chi connectivity index (χ0) is 17.8. The van der Waals surface area contributed by atoms with Crippen LogP contribution in [0, 0.1) is 13.8 Å². The van der Waals surface area contributed by atoms with Crippen molar-refractivity contribution in [3.8, 4) is 23.0 Å². The van der Waals surface area contributed by atoms with Crippen molar-refractivity contribution < 1.29 is 30.6 Å². The zero-order valence-corrected chi connectivity index (χ0v) is 13.3. The Bertz CT molecular complexity index is 725. The Balaban J connectivity index is 1.96. The molecule has 1 aliphatic rings. The first kappa shape index (κ1) is 16.4. The topological polar surface area (TPSA) is 121 Å². The minimum Gasteiger partial charge on any atom is -0.508 e. The van der Waals surface area contributed by atoms with Crippen molar-refractivity contribution in [2.75, 3.05) is 0 Å². The van der Waals surface area contributed by atoms with Gasteiger partial charge in [0.25, 0.3) is 0 Å². The van der Waals surface area contributed by atoms with Gasteiger partial charge in [0.15, 0.2) is 0 Å². The van der Waals surface area contributed by atoms with Gasteiger partial charge in [0.1, 0.15) is 23.0 Å². The van der Waals surface area contributed by atoms with Crippen LogP contribution in [0.3, 0.4) is 0 Å². The molecule has 1 fully saturated rings. The highest BCUT2D eigenvalue weighted by Gasteiger charge is 2.52. The minimum absolute atomic E-state index is 0.0668. The van der Waals surface area contributed by atoms with Crippen molar-refractivity contribution in [2.45, 2.75) is 37.9 Å². The van der Waals surface area contributed by atoms with E-state index in [1.165, 1.54) is 38.1 Å². The fourth-order valence-electron chi connectivity index (χ4n) is 3.40. The van der Waals surface area contributed by atoms with Crippen LogP contribution in [0.2, 0.25) is 0 Å². The Morgan fingerprint density at radius 3 is 1.29 bits per heavy atom. The van der Waals surface area contributed by atoms with Crippen molar-refractivity contribution in [3.05, 3.63) is 46.5 Å². The quantitative estimate of drug-likeness (QED) is 0.498. The van der Waals surface area contributed by atoms with Crippen LogP contribution in [0.1, 0.15) is 34.1 Å². The van der Waals surface area contributed by atoms with Gasteiger partial charge in [0, 0.05) is 34.1 Å². The molecule has 6 nitrogen and oxygen atoms in total. The summed E-state index contributed by atoms with van der Waals surface area (Å²) in [7, 11) is 0. The highest BCUT2D eigenvalue weighted by Crippen LogP contribution is 2.53. The Kier molecular flexibility index (Phi) is 3.81. The molecule has 6 N–H and O–H groups in total. The summed E-state index contributed by atoms with van der Waals surface area (Å²) in [5.41, 5.74) is 1.24. The van der Waals surface area contributed by atoms with E-state index in [-0.39, 0.29) is 34.1 Å². The summed E-state index contributed by atoms with van der Waals surface area (Å²) in [6.07, 6.45) is -2.05. The minimum atomic E-state index is -1.02. The lowest BCUT2D eigenvalue weighted by molar-refractivity contribution is -0.0798. The van der Waals surface area contributed by atoms with E-state index in [0.717, 1.165) is 0 Å². The first-order valence-electron chi connectivity index (χ1n) is 7.64. The molecule has 6 heteroatoms. The van der Waals surface area contributed by atoms with Crippen LogP contribution in [-0.4, -0.2) is 42.8 Å². The van der Waals surface area contributed by atoms with Crippen molar-refractivity contribution in [1.82, 2.24) is 0 Å². The predicted octanol–water partition coefficient (Wildman–Crippen LogP) is 1.73. The number of phenols is 4. The number of rotatable bonds is 2. The molecule has 3 rings (SSSR count).